The van der Waals surface area contributed by atoms with Gasteiger partial charge in [-0.15, -0.1) is 0 Å². The number of aryl methyl sites for hydroxylation is 1. The van der Waals surface area contributed by atoms with Crippen molar-refractivity contribution in [2.75, 3.05) is 12.9 Å². The van der Waals surface area contributed by atoms with Gasteiger partial charge >= 0.3 is 0 Å². The van der Waals surface area contributed by atoms with Gasteiger partial charge in [0.2, 0.25) is 9.05 Å². The Morgan fingerprint density at radius 1 is 1.40 bits per heavy atom. The first-order chi connectivity index (χ1) is 6.92. The van der Waals surface area contributed by atoms with Crippen LogP contribution in [0.25, 0.3) is 0 Å². The molecule has 0 aliphatic carbocycles. The van der Waals surface area contributed by atoms with E-state index in [1.165, 1.54) is 7.11 Å². The zero-order chi connectivity index (χ0) is 11.5. The molecule has 15 heavy (non-hydrogen) atoms. The van der Waals surface area contributed by atoms with E-state index in [2.05, 4.69) is 0 Å². The number of halogens is 2. The molecular weight excluding hydrogens is 259 g/mol. The highest BCUT2D eigenvalue weighted by molar-refractivity contribution is 8.13. The third kappa shape index (κ3) is 4.28. The molecule has 0 radical (unpaired) electrons. The summed E-state index contributed by atoms with van der Waals surface area (Å²) in [7, 11) is 3.16. The maximum Gasteiger partial charge on any atom is 0.232 e. The van der Waals surface area contributed by atoms with E-state index in [1.54, 1.807) is 18.2 Å². The van der Waals surface area contributed by atoms with Gasteiger partial charge < -0.3 is 4.74 Å². The lowest BCUT2D eigenvalue weighted by Gasteiger charge is -2.05. The van der Waals surface area contributed by atoms with Crippen molar-refractivity contribution in [3.8, 4) is 5.75 Å². The van der Waals surface area contributed by atoms with Gasteiger partial charge in [0.15, 0.2) is 0 Å². The number of hydrogen-bond donors (Lipinski definition) is 0. The van der Waals surface area contributed by atoms with Crippen molar-refractivity contribution in [3.05, 3.63) is 28.8 Å². The summed E-state index contributed by atoms with van der Waals surface area (Å²) in [4.78, 5) is 0. The zero-order valence-corrected chi connectivity index (χ0v) is 10.4. The van der Waals surface area contributed by atoms with Crippen LogP contribution in [-0.4, -0.2) is 21.3 Å². The monoisotopic (exact) mass is 268 g/mol. The smallest absolute Gasteiger partial charge is 0.232 e. The number of methoxy groups -OCH3 is 1. The molecule has 0 spiro atoms. The largest absolute Gasteiger partial charge is 0.495 e. The van der Waals surface area contributed by atoms with E-state index in [4.69, 9.17) is 27.0 Å². The second-order valence-corrected chi connectivity index (χ2v) is 6.27. The Morgan fingerprint density at radius 2 is 2.07 bits per heavy atom. The zero-order valence-electron chi connectivity index (χ0n) is 8.04. The first-order valence-electron chi connectivity index (χ1n) is 4.17. The van der Waals surface area contributed by atoms with Gasteiger partial charge in [0.05, 0.1) is 17.9 Å². The van der Waals surface area contributed by atoms with Gasteiger partial charge in [-0.05, 0) is 24.1 Å². The number of hydrogen-bond acceptors (Lipinski definition) is 3. The molecule has 0 amide bonds. The summed E-state index contributed by atoms with van der Waals surface area (Å²) < 4.78 is 26.4. The molecule has 0 atom stereocenters. The van der Waals surface area contributed by atoms with Crippen LogP contribution < -0.4 is 4.74 Å². The van der Waals surface area contributed by atoms with E-state index in [0.717, 1.165) is 5.56 Å². The Kier molecular flexibility index (Phi) is 4.25. The van der Waals surface area contributed by atoms with Gasteiger partial charge in [0.25, 0.3) is 0 Å². The molecular formula is C9H10Cl2O3S. The molecule has 0 aliphatic heterocycles. The van der Waals surface area contributed by atoms with Crippen LogP contribution >= 0.6 is 22.3 Å². The fraction of sp³-hybridized carbons (Fsp3) is 0.333. The van der Waals surface area contributed by atoms with E-state index in [9.17, 15) is 8.42 Å². The minimum atomic E-state index is -3.45. The van der Waals surface area contributed by atoms with Gasteiger partial charge in [-0.2, -0.15) is 0 Å². The third-order valence-electron chi connectivity index (χ3n) is 1.85. The average molecular weight is 269 g/mol. The van der Waals surface area contributed by atoms with E-state index in [-0.39, 0.29) is 5.75 Å². The molecule has 0 aromatic heterocycles. The maximum absolute atomic E-state index is 10.7. The highest BCUT2D eigenvalue weighted by Gasteiger charge is 2.07. The first-order valence-corrected chi connectivity index (χ1v) is 7.03. The van der Waals surface area contributed by atoms with Crippen molar-refractivity contribution in [2.45, 2.75) is 6.42 Å². The minimum Gasteiger partial charge on any atom is -0.495 e. The quantitative estimate of drug-likeness (QED) is 0.788. The summed E-state index contributed by atoms with van der Waals surface area (Å²) in [5, 5.41) is 0.460. The summed E-state index contributed by atoms with van der Waals surface area (Å²) >= 11 is 5.87. The molecule has 1 aromatic carbocycles. The van der Waals surface area contributed by atoms with E-state index in [0.29, 0.717) is 17.2 Å². The Hall–Kier alpha value is -0.450. The molecule has 0 aliphatic rings. The topological polar surface area (TPSA) is 43.4 Å². The van der Waals surface area contributed by atoms with Crippen LogP contribution in [0.3, 0.4) is 0 Å². The maximum atomic E-state index is 10.7. The summed E-state index contributed by atoms with van der Waals surface area (Å²) in [5.74, 6) is 0.464. The predicted molar refractivity (Wildman–Crippen MR) is 61.3 cm³/mol. The number of rotatable bonds is 4. The normalized spacial score (nSPS) is 11.4. The second-order valence-electron chi connectivity index (χ2n) is 2.96. The molecule has 0 unspecified atom stereocenters. The fourth-order valence-corrected chi connectivity index (χ4v) is 2.10. The van der Waals surface area contributed by atoms with E-state index < -0.39 is 9.05 Å². The SMILES string of the molecule is COc1ccc(CCS(=O)(=O)Cl)cc1Cl. The Labute approximate surface area is 98.4 Å². The molecule has 1 aromatic rings. The first kappa shape index (κ1) is 12.6. The lowest BCUT2D eigenvalue weighted by Crippen LogP contribution is -2.01. The van der Waals surface area contributed by atoms with Crippen molar-refractivity contribution >= 4 is 31.3 Å². The van der Waals surface area contributed by atoms with Gasteiger partial charge in [-0.25, -0.2) is 8.42 Å². The molecule has 0 bridgehead atoms. The van der Waals surface area contributed by atoms with Gasteiger partial charge in [0.1, 0.15) is 5.75 Å². The number of ether oxygens (including phenoxy) is 1. The van der Waals surface area contributed by atoms with Crippen LogP contribution in [0.15, 0.2) is 18.2 Å². The molecule has 0 heterocycles. The van der Waals surface area contributed by atoms with Crippen molar-refractivity contribution < 1.29 is 13.2 Å². The standard InChI is InChI=1S/C9H10Cl2O3S/c1-14-9-3-2-7(6-8(9)10)4-5-15(11,12)13/h2-3,6H,4-5H2,1H3. The van der Waals surface area contributed by atoms with Crippen LogP contribution in [0.4, 0.5) is 0 Å². The Balaban J connectivity index is 2.76. The fourth-order valence-electron chi connectivity index (χ4n) is 1.11. The van der Waals surface area contributed by atoms with Crippen LogP contribution in [0, 0.1) is 0 Å². The Bertz CT molecular complexity index is 443. The molecule has 1 rings (SSSR count). The second kappa shape index (κ2) is 5.05. The summed E-state index contributed by atoms with van der Waals surface area (Å²) in [6.45, 7) is 0. The average Bonchev–Trinajstić information content (AvgIpc) is 2.14. The van der Waals surface area contributed by atoms with Crippen LogP contribution in [0.1, 0.15) is 5.56 Å². The lowest BCUT2D eigenvalue weighted by molar-refractivity contribution is 0.415. The molecule has 3 nitrogen and oxygen atoms in total. The molecule has 84 valence electrons. The Morgan fingerprint density at radius 3 is 2.53 bits per heavy atom. The van der Waals surface area contributed by atoms with Gasteiger partial charge in [-0.3, -0.25) is 0 Å². The summed E-state index contributed by atoms with van der Waals surface area (Å²) in [6.07, 6.45) is 0.343. The molecule has 0 saturated heterocycles. The van der Waals surface area contributed by atoms with Crippen molar-refractivity contribution in [3.63, 3.8) is 0 Å². The third-order valence-corrected chi connectivity index (χ3v) is 3.30. The van der Waals surface area contributed by atoms with Gasteiger partial charge in [-0.1, -0.05) is 17.7 Å². The lowest BCUT2D eigenvalue weighted by atomic mass is 10.2. The minimum absolute atomic E-state index is 0.1000. The molecule has 0 N–H and O–H groups in total. The van der Waals surface area contributed by atoms with Crippen LogP contribution in [0.5, 0.6) is 5.75 Å². The highest BCUT2D eigenvalue weighted by atomic mass is 35.7. The van der Waals surface area contributed by atoms with E-state index >= 15 is 0 Å². The van der Waals surface area contributed by atoms with Crippen molar-refractivity contribution in [1.29, 1.82) is 0 Å². The molecule has 0 fully saturated rings. The predicted octanol–water partition coefficient (Wildman–Crippen LogP) is 2.46. The molecule has 6 heteroatoms. The van der Waals surface area contributed by atoms with Crippen molar-refractivity contribution in [1.82, 2.24) is 0 Å². The summed E-state index contributed by atoms with van der Waals surface area (Å²) in [6, 6.07) is 5.12. The van der Waals surface area contributed by atoms with Crippen LogP contribution in [0.2, 0.25) is 5.02 Å². The van der Waals surface area contributed by atoms with Gasteiger partial charge in [0, 0.05) is 10.7 Å². The molecule has 0 saturated carbocycles. The highest BCUT2D eigenvalue weighted by Crippen LogP contribution is 2.25. The summed E-state index contributed by atoms with van der Waals surface area (Å²) in [5.41, 5.74) is 0.810. The van der Waals surface area contributed by atoms with Crippen molar-refractivity contribution in [2.24, 2.45) is 0 Å². The van der Waals surface area contributed by atoms with Crippen LogP contribution in [-0.2, 0) is 15.5 Å². The van der Waals surface area contributed by atoms with E-state index in [1.807, 2.05) is 0 Å². The number of benzene rings is 1.